The van der Waals surface area contributed by atoms with Gasteiger partial charge in [-0.15, -0.1) is 0 Å². The Morgan fingerprint density at radius 3 is 2.70 bits per heavy atom. The van der Waals surface area contributed by atoms with Crippen LogP contribution in [0.3, 0.4) is 0 Å². The molecule has 27 heavy (non-hydrogen) atoms. The Morgan fingerprint density at radius 1 is 1.30 bits per heavy atom. The third-order valence-electron chi connectivity index (χ3n) is 5.68. The van der Waals surface area contributed by atoms with E-state index in [9.17, 15) is 9.18 Å². The Labute approximate surface area is 161 Å². The number of rotatable bonds is 5. The first kappa shape index (κ1) is 20.0. The standard InChI is InChI=1S/C20H31FN4O2/c1-4-16-18(21)19(23-14-22-16)24-10-7-20(8-11-24)13-25(9-5-15(2)3)17(26)6-12-27-20/h14-15H,4-13H2,1-3H3. The third kappa shape index (κ3) is 4.57. The normalized spacial score (nSPS) is 20.4. The molecule has 3 heterocycles. The number of aromatic nitrogens is 2. The second kappa shape index (κ2) is 8.50. The molecule has 2 aliphatic heterocycles. The summed E-state index contributed by atoms with van der Waals surface area (Å²) in [6.07, 6.45) is 4.97. The summed E-state index contributed by atoms with van der Waals surface area (Å²) in [7, 11) is 0. The smallest absolute Gasteiger partial charge is 0.224 e. The third-order valence-corrected chi connectivity index (χ3v) is 5.68. The van der Waals surface area contributed by atoms with Gasteiger partial charge in [-0.2, -0.15) is 0 Å². The average Bonchev–Trinajstić information content (AvgIpc) is 2.80. The van der Waals surface area contributed by atoms with Gasteiger partial charge in [0.25, 0.3) is 0 Å². The first-order valence-corrected chi connectivity index (χ1v) is 10.1. The van der Waals surface area contributed by atoms with Gasteiger partial charge in [0.15, 0.2) is 11.6 Å². The van der Waals surface area contributed by atoms with Crippen LogP contribution in [0.4, 0.5) is 10.2 Å². The van der Waals surface area contributed by atoms with E-state index in [1.165, 1.54) is 6.33 Å². The Hall–Kier alpha value is -1.76. The lowest BCUT2D eigenvalue weighted by atomic mass is 9.90. The molecule has 0 aromatic carbocycles. The van der Waals surface area contributed by atoms with Crippen molar-refractivity contribution in [2.24, 2.45) is 5.92 Å². The maximum atomic E-state index is 14.6. The van der Waals surface area contributed by atoms with Gasteiger partial charge in [0.1, 0.15) is 6.33 Å². The number of aryl methyl sites for hydroxylation is 1. The van der Waals surface area contributed by atoms with Gasteiger partial charge in [0, 0.05) is 26.2 Å². The molecule has 0 atom stereocenters. The predicted molar refractivity (Wildman–Crippen MR) is 102 cm³/mol. The summed E-state index contributed by atoms with van der Waals surface area (Å²) >= 11 is 0. The number of piperidine rings is 1. The topological polar surface area (TPSA) is 58.6 Å². The van der Waals surface area contributed by atoms with Crippen molar-refractivity contribution in [1.29, 1.82) is 0 Å². The zero-order valence-electron chi connectivity index (χ0n) is 16.7. The van der Waals surface area contributed by atoms with Crippen LogP contribution in [0.25, 0.3) is 0 Å². The Bertz CT molecular complexity index is 659. The lowest BCUT2D eigenvalue weighted by Crippen LogP contribution is -2.52. The average molecular weight is 378 g/mol. The Balaban J connectivity index is 1.68. The number of amides is 1. The first-order chi connectivity index (χ1) is 12.9. The number of ether oxygens (including phenoxy) is 1. The largest absolute Gasteiger partial charge is 0.372 e. The quantitative estimate of drug-likeness (QED) is 0.789. The maximum Gasteiger partial charge on any atom is 0.224 e. The van der Waals surface area contributed by atoms with Crippen LogP contribution < -0.4 is 4.90 Å². The highest BCUT2D eigenvalue weighted by molar-refractivity contribution is 5.76. The fourth-order valence-electron chi connectivity index (χ4n) is 3.90. The van der Waals surface area contributed by atoms with Gasteiger partial charge < -0.3 is 14.5 Å². The van der Waals surface area contributed by atoms with Crippen LogP contribution in [0.2, 0.25) is 0 Å². The number of carbonyl (C=O) groups excluding carboxylic acids is 1. The van der Waals surface area contributed by atoms with E-state index in [4.69, 9.17) is 4.74 Å². The van der Waals surface area contributed by atoms with E-state index in [2.05, 4.69) is 23.8 Å². The predicted octanol–water partition coefficient (Wildman–Crippen LogP) is 2.81. The minimum atomic E-state index is -0.323. The fraction of sp³-hybridized carbons (Fsp3) is 0.750. The minimum absolute atomic E-state index is 0.185. The Morgan fingerprint density at radius 2 is 2.04 bits per heavy atom. The molecule has 1 spiro atoms. The SMILES string of the molecule is CCc1ncnc(N2CCC3(CC2)CN(CCC(C)C)C(=O)CCO3)c1F. The summed E-state index contributed by atoms with van der Waals surface area (Å²) in [6.45, 7) is 9.47. The molecule has 0 radical (unpaired) electrons. The van der Waals surface area contributed by atoms with E-state index in [-0.39, 0.29) is 17.3 Å². The van der Waals surface area contributed by atoms with Crippen molar-refractivity contribution in [2.75, 3.05) is 37.7 Å². The van der Waals surface area contributed by atoms with Crippen molar-refractivity contribution in [1.82, 2.24) is 14.9 Å². The van der Waals surface area contributed by atoms with Gasteiger partial charge in [0.05, 0.1) is 24.3 Å². The Kier molecular flexibility index (Phi) is 6.29. The molecule has 0 saturated carbocycles. The van der Waals surface area contributed by atoms with Gasteiger partial charge in [-0.25, -0.2) is 14.4 Å². The molecule has 2 aliphatic rings. The molecule has 0 bridgehead atoms. The monoisotopic (exact) mass is 378 g/mol. The van der Waals surface area contributed by atoms with E-state index in [0.29, 0.717) is 56.5 Å². The second-order valence-corrected chi connectivity index (χ2v) is 8.08. The molecule has 1 aromatic heterocycles. The number of nitrogens with zero attached hydrogens (tertiary/aromatic N) is 4. The lowest BCUT2D eigenvalue weighted by molar-refractivity contribution is -0.131. The van der Waals surface area contributed by atoms with Crippen LogP contribution in [0.5, 0.6) is 0 Å². The first-order valence-electron chi connectivity index (χ1n) is 10.1. The zero-order chi connectivity index (χ0) is 19.4. The van der Waals surface area contributed by atoms with E-state index < -0.39 is 0 Å². The molecule has 6 nitrogen and oxygen atoms in total. The number of anilines is 1. The maximum absolute atomic E-state index is 14.6. The summed E-state index contributed by atoms with van der Waals surface area (Å²) in [4.78, 5) is 24.6. The van der Waals surface area contributed by atoms with Gasteiger partial charge in [-0.3, -0.25) is 4.79 Å². The van der Waals surface area contributed by atoms with Crippen LogP contribution in [0, 0.1) is 11.7 Å². The molecule has 0 aliphatic carbocycles. The lowest BCUT2D eigenvalue weighted by Gasteiger charge is -2.43. The molecule has 3 rings (SSSR count). The molecular weight excluding hydrogens is 347 g/mol. The molecule has 2 fully saturated rings. The summed E-state index contributed by atoms with van der Waals surface area (Å²) in [5, 5.41) is 0. The van der Waals surface area contributed by atoms with Crippen LogP contribution in [-0.2, 0) is 16.0 Å². The molecule has 7 heteroatoms. The van der Waals surface area contributed by atoms with Gasteiger partial charge in [-0.05, 0) is 31.6 Å². The molecule has 150 valence electrons. The van der Waals surface area contributed by atoms with Crippen LogP contribution in [-0.4, -0.2) is 59.2 Å². The highest BCUT2D eigenvalue weighted by Gasteiger charge is 2.41. The highest BCUT2D eigenvalue weighted by Crippen LogP contribution is 2.32. The molecule has 0 N–H and O–H groups in total. The van der Waals surface area contributed by atoms with E-state index >= 15 is 0 Å². The van der Waals surface area contributed by atoms with E-state index in [1.807, 2.05) is 16.7 Å². The van der Waals surface area contributed by atoms with Gasteiger partial charge >= 0.3 is 0 Å². The number of carbonyl (C=O) groups is 1. The number of hydrogen-bond donors (Lipinski definition) is 0. The second-order valence-electron chi connectivity index (χ2n) is 8.08. The molecule has 1 aromatic rings. The van der Waals surface area contributed by atoms with Crippen LogP contribution in [0.15, 0.2) is 6.33 Å². The van der Waals surface area contributed by atoms with Crippen molar-refractivity contribution in [2.45, 2.75) is 58.5 Å². The van der Waals surface area contributed by atoms with Crippen molar-refractivity contribution in [3.8, 4) is 0 Å². The van der Waals surface area contributed by atoms with Gasteiger partial charge in [-0.1, -0.05) is 20.8 Å². The van der Waals surface area contributed by atoms with Crippen molar-refractivity contribution in [3.63, 3.8) is 0 Å². The minimum Gasteiger partial charge on any atom is -0.372 e. The fourth-order valence-corrected chi connectivity index (χ4v) is 3.90. The molecular formula is C20H31FN4O2. The number of hydrogen-bond acceptors (Lipinski definition) is 5. The highest BCUT2D eigenvalue weighted by atomic mass is 19.1. The van der Waals surface area contributed by atoms with E-state index in [0.717, 1.165) is 25.8 Å². The molecule has 2 saturated heterocycles. The molecule has 1 amide bonds. The summed E-state index contributed by atoms with van der Waals surface area (Å²) in [5.41, 5.74) is 0.132. The zero-order valence-corrected chi connectivity index (χ0v) is 16.7. The van der Waals surface area contributed by atoms with Crippen molar-refractivity contribution >= 4 is 11.7 Å². The summed E-state index contributed by atoms with van der Waals surface area (Å²) < 4.78 is 20.8. The van der Waals surface area contributed by atoms with Crippen molar-refractivity contribution in [3.05, 3.63) is 17.8 Å². The van der Waals surface area contributed by atoms with Crippen molar-refractivity contribution < 1.29 is 13.9 Å². The number of halogens is 1. The van der Waals surface area contributed by atoms with E-state index in [1.54, 1.807) is 0 Å². The van der Waals surface area contributed by atoms with Crippen LogP contribution >= 0.6 is 0 Å². The van der Waals surface area contributed by atoms with Crippen LogP contribution in [0.1, 0.15) is 52.1 Å². The molecule has 0 unspecified atom stereocenters. The van der Waals surface area contributed by atoms with Gasteiger partial charge in [0.2, 0.25) is 5.91 Å². The summed E-state index contributed by atoms with van der Waals surface area (Å²) in [6, 6.07) is 0. The summed E-state index contributed by atoms with van der Waals surface area (Å²) in [5.74, 6) is 0.821.